The number of allylic oxidation sites excluding steroid dienone is 1. The Morgan fingerprint density at radius 1 is 1.08 bits per heavy atom. The molecule has 1 heterocycles. The molecule has 4 nitrogen and oxygen atoms in total. The van der Waals surface area contributed by atoms with Crippen molar-refractivity contribution < 1.29 is 9.90 Å². The smallest absolute Gasteiger partial charge is 0.335 e. The lowest BCUT2D eigenvalue weighted by atomic mass is 9.96. The summed E-state index contributed by atoms with van der Waals surface area (Å²) in [5, 5.41) is 9.02. The quantitative estimate of drug-likeness (QED) is 0.710. The first-order chi connectivity index (χ1) is 11.6. The predicted octanol–water partition coefficient (Wildman–Crippen LogP) is 4.38. The van der Waals surface area contributed by atoms with E-state index < -0.39 is 5.97 Å². The normalized spacial score (nSPS) is 12.8. The van der Waals surface area contributed by atoms with E-state index in [0.29, 0.717) is 0 Å². The molecule has 4 heteroatoms. The average molecular weight is 318 g/mol. The summed E-state index contributed by atoms with van der Waals surface area (Å²) in [6.07, 6.45) is 7.59. The van der Waals surface area contributed by atoms with Gasteiger partial charge in [-0.3, -0.25) is 0 Å². The lowest BCUT2D eigenvalue weighted by Gasteiger charge is -2.18. The van der Waals surface area contributed by atoms with Crippen molar-refractivity contribution in [3.63, 3.8) is 0 Å². The summed E-state index contributed by atoms with van der Waals surface area (Å²) in [6.45, 7) is 2.12. The molecule has 0 radical (unpaired) electrons. The van der Waals surface area contributed by atoms with Crippen molar-refractivity contribution in [3.8, 4) is 0 Å². The molecule has 0 aliphatic carbocycles. The fourth-order valence-electron chi connectivity index (χ4n) is 2.64. The largest absolute Gasteiger partial charge is 0.478 e. The zero-order valence-electron chi connectivity index (χ0n) is 13.3. The van der Waals surface area contributed by atoms with Gasteiger partial charge in [0.15, 0.2) is 0 Å². The number of benzene rings is 2. The number of carboxylic acids is 1. The highest BCUT2D eigenvalue weighted by molar-refractivity contribution is 5.89. The van der Waals surface area contributed by atoms with E-state index in [0.717, 1.165) is 16.7 Å². The molecule has 0 saturated heterocycles. The Kier molecular flexibility index (Phi) is 4.57. The molecular weight excluding hydrogens is 300 g/mol. The van der Waals surface area contributed by atoms with Crippen LogP contribution in [-0.2, 0) is 0 Å². The van der Waals surface area contributed by atoms with Gasteiger partial charge in [0.05, 0.1) is 17.9 Å². The third-order valence-corrected chi connectivity index (χ3v) is 4.01. The lowest BCUT2D eigenvalue weighted by molar-refractivity contribution is 0.0697. The molecule has 0 aliphatic rings. The second-order valence-electron chi connectivity index (χ2n) is 5.58. The van der Waals surface area contributed by atoms with Crippen molar-refractivity contribution in [1.82, 2.24) is 9.55 Å². The molecule has 1 N–H and O–H groups in total. The average Bonchev–Trinajstić information content (AvgIpc) is 3.15. The molecule has 1 unspecified atom stereocenters. The van der Waals surface area contributed by atoms with Crippen LogP contribution in [0.1, 0.15) is 34.5 Å². The first-order valence-electron chi connectivity index (χ1n) is 7.73. The van der Waals surface area contributed by atoms with Crippen LogP contribution in [0.3, 0.4) is 0 Å². The molecule has 0 amide bonds. The van der Waals surface area contributed by atoms with E-state index in [1.54, 1.807) is 24.7 Å². The number of carbonyl (C=O) groups is 1. The number of rotatable bonds is 5. The van der Waals surface area contributed by atoms with Crippen molar-refractivity contribution in [2.24, 2.45) is 0 Å². The van der Waals surface area contributed by atoms with E-state index in [1.807, 2.05) is 41.1 Å². The van der Waals surface area contributed by atoms with Crippen molar-refractivity contribution in [1.29, 1.82) is 0 Å². The first kappa shape index (κ1) is 15.7. The molecule has 2 aromatic carbocycles. The van der Waals surface area contributed by atoms with Gasteiger partial charge in [-0.05, 0) is 41.8 Å². The SMILES string of the molecule is CC(C(=Cc1ccc(C(=O)O)cc1)c1ccccc1)n1ccnc1. The summed E-state index contributed by atoms with van der Waals surface area (Å²) in [5.41, 5.74) is 3.51. The minimum Gasteiger partial charge on any atom is -0.478 e. The number of aromatic nitrogens is 2. The summed E-state index contributed by atoms with van der Waals surface area (Å²) >= 11 is 0. The molecule has 0 aliphatic heterocycles. The van der Waals surface area contributed by atoms with Gasteiger partial charge < -0.3 is 9.67 Å². The fourth-order valence-corrected chi connectivity index (χ4v) is 2.64. The molecule has 120 valence electrons. The lowest BCUT2D eigenvalue weighted by Crippen LogP contribution is -2.05. The molecule has 0 spiro atoms. The predicted molar refractivity (Wildman–Crippen MR) is 94.7 cm³/mol. The number of hydrogen-bond donors (Lipinski definition) is 1. The minimum atomic E-state index is -0.916. The highest BCUT2D eigenvalue weighted by atomic mass is 16.4. The number of aromatic carboxylic acids is 1. The second kappa shape index (κ2) is 6.96. The van der Waals surface area contributed by atoms with Crippen LogP contribution >= 0.6 is 0 Å². The van der Waals surface area contributed by atoms with Gasteiger partial charge in [0.1, 0.15) is 0 Å². The van der Waals surface area contributed by atoms with Gasteiger partial charge in [-0.2, -0.15) is 0 Å². The summed E-state index contributed by atoms with van der Waals surface area (Å²) in [6, 6.07) is 17.2. The van der Waals surface area contributed by atoms with Gasteiger partial charge in [0.2, 0.25) is 0 Å². The maximum atomic E-state index is 11.0. The van der Waals surface area contributed by atoms with Crippen molar-refractivity contribution in [2.75, 3.05) is 0 Å². The molecule has 1 atom stereocenters. The summed E-state index contributed by atoms with van der Waals surface area (Å²) in [5.74, 6) is -0.916. The van der Waals surface area contributed by atoms with Crippen LogP contribution in [0.25, 0.3) is 11.6 Å². The van der Waals surface area contributed by atoms with Gasteiger partial charge in [0.25, 0.3) is 0 Å². The molecule has 0 fully saturated rings. The van der Waals surface area contributed by atoms with E-state index in [-0.39, 0.29) is 11.6 Å². The Labute approximate surface area is 140 Å². The Balaban J connectivity index is 2.02. The number of imidazole rings is 1. The summed E-state index contributed by atoms with van der Waals surface area (Å²) in [7, 11) is 0. The zero-order chi connectivity index (χ0) is 16.9. The van der Waals surface area contributed by atoms with Crippen LogP contribution < -0.4 is 0 Å². The van der Waals surface area contributed by atoms with E-state index in [1.165, 1.54) is 0 Å². The number of nitrogens with zero attached hydrogens (tertiary/aromatic N) is 2. The van der Waals surface area contributed by atoms with Crippen LogP contribution in [0, 0.1) is 0 Å². The van der Waals surface area contributed by atoms with E-state index in [9.17, 15) is 4.79 Å². The van der Waals surface area contributed by atoms with Crippen molar-refractivity contribution in [3.05, 3.63) is 90.0 Å². The summed E-state index contributed by atoms with van der Waals surface area (Å²) < 4.78 is 2.05. The number of carboxylic acid groups (broad SMARTS) is 1. The zero-order valence-corrected chi connectivity index (χ0v) is 13.3. The van der Waals surface area contributed by atoms with Crippen LogP contribution in [0.4, 0.5) is 0 Å². The van der Waals surface area contributed by atoms with Gasteiger partial charge in [-0.15, -0.1) is 0 Å². The maximum Gasteiger partial charge on any atom is 0.335 e. The molecule has 24 heavy (non-hydrogen) atoms. The fraction of sp³-hybridized carbons (Fsp3) is 0.100. The van der Waals surface area contributed by atoms with Crippen molar-refractivity contribution >= 4 is 17.6 Å². The van der Waals surface area contributed by atoms with Crippen LogP contribution in [-0.4, -0.2) is 20.6 Å². The number of hydrogen-bond acceptors (Lipinski definition) is 2. The van der Waals surface area contributed by atoms with E-state index in [4.69, 9.17) is 5.11 Å². The van der Waals surface area contributed by atoms with Crippen molar-refractivity contribution in [2.45, 2.75) is 13.0 Å². The standard InChI is InChI=1S/C20H18N2O2/c1-15(22-12-11-21-14-22)19(17-5-3-2-4-6-17)13-16-7-9-18(10-8-16)20(23)24/h2-15H,1H3,(H,23,24). The Hall–Kier alpha value is -3.14. The highest BCUT2D eigenvalue weighted by Crippen LogP contribution is 2.29. The third-order valence-electron chi connectivity index (χ3n) is 4.01. The van der Waals surface area contributed by atoms with Gasteiger partial charge in [-0.25, -0.2) is 9.78 Å². The van der Waals surface area contributed by atoms with Gasteiger partial charge in [-0.1, -0.05) is 42.5 Å². The Bertz CT molecular complexity index is 835. The maximum absolute atomic E-state index is 11.0. The minimum absolute atomic E-state index is 0.106. The van der Waals surface area contributed by atoms with Gasteiger partial charge >= 0.3 is 5.97 Å². The molecule has 0 saturated carbocycles. The second-order valence-corrected chi connectivity index (χ2v) is 5.58. The summed E-state index contributed by atoms with van der Waals surface area (Å²) in [4.78, 5) is 15.1. The molecule has 1 aromatic heterocycles. The highest BCUT2D eigenvalue weighted by Gasteiger charge is 2.13. The van der Waals surface area contributed by atoms with Gasteiger partial charge in [0, 0.05) is 12.4 Å². The third kappa shape index (κ3) is 3.43. The molecule has 0 bridgehead atoms. The molecular formula is C20H18N2O2. The van der Waals surface area contributed by atoms with Crippen LogP contribution in [0.2, 0.25) is 0 Å². The van der Waals surface area contributed by atoms with Crippen LogP contribution in [0.5, 0.6) is 0 Å². The van der Waals surface area contributed by atoms with E-state index >= 15 is 0 Å². The monoisotopic (exact) mass is 318 g/mol. The molecule has 3 rings (SSSR count). The molecule has 3 aromatic rings. The van der Waals surface area contributed by atoms with E-state index in [2.05, 4.69) is 30.1 Å². The Morgan fingerprint density at radius 2 is 1.79 bits per heavy atom. The topological polar surface area (TPSA) is 55.1 Å². The van der Waals surface area contributed by atoms with Crippen LogP contribution in [0.15, 0.2) is 73.3 Å². The Morgan fingerprint density at radius 3 is 2.38 bits per heavy atom. The first-order valence-corrected chi connectivity index (χ1v) is 7.73.